The molecule has 0 spiro atoms. The van der Waals surface area contributed by atoms with Crippen LogP contribution in [0.4, 0.5) is 16.2 Å². The number of carbonyl (C=O) groups is 1. The summed E-state index contributed by atoms with van der Waals surface area (Å²) < 4.78 is 16.3. The Balaban J connectivity index is 1.35. The molecule has 7 nitrogen and oxygen atoms in total. The maximum absolute atomic E-state index is 12.1. The average molecular weight is 414 g/mol. The van der Waals surface area contributed by atoms with Crippen LogP contribution in [0, 0.1) is 0 Å². The Hall–Kier alpha value is -2.93. The molecule has 1 aliphatic rings. The van der Waals surface area contributed by atoms with E-state index in [1.807, 2.05) is 43.3 Å². The number of amides is 1. The van der Waals surface area contributed by atoms with Crippen LogP contribution in [0.5, 0.6) is 11.5 Å². The summed E-state index contributed by atoms with van der Waals surface area (Å²) in [6.45, 7) is 7.60. The number of anilines is 2. The number of hydrogen-bond donors (Lipinski definition) is 1. The van der Waals surface area contributed by atoms with Gasteiger partial charge in [-0.2, -0.15) is 0 Å². The van der Waals surface area contributed by atoms with E-state index in [0.717, 1.165) is 50.6 Å². The summed E-state index contributed by atoms with van der Waals surface area (Å²) in [6, 6.07) is 15.5. The zero-order valence-electron chi connectivity index (χ0n) is 17.8. The summed E-state index contributed by atoms with van der Waals surface area (Å²) in [7, 11) is 1.71. The molecule has 1 heterocycles. The number of hydrogen-bond acceptors (Lipinski definition) is 6. The maximum Gasteiger partial charge on any atom is 0.411 e. The molecular formula is C23H31N3O4. The van der Waals surface area contributed by atoms with Crippen LogP contribution in [-0.4, -0.2) is 64.0 Å². The van der Waals surface area contributed by atoms with Gasteiger partial charge in [-0.25, -0.2) is 4.79 Å². The fraction of sp³-hybridized carbons (Fsp3) is 0.435. The second-order valence-electron chi connectivity index (χ2n) is 7.04. The lowest BCUT2D eigenvalue weighted by Crippen LogP contribution is -2.46. The molecule has 2 aromatic carbocycles. The van der Waals surface area contributed by atoms with Crippen molar-refractivity contribution in [2.45, 2.75) is 13.3 Å². The van der Waals surface area contributed by atoms with Gasteiger partial charge in [-0.1, -0.05) is 24.3 Å². The smallest absolute Gasteiger partial charge is 0.411 e. The number of benzene rings is 2. The van der Waals surface area contributed by atoms with Crippen molar-refractivity contribution in [2.75, 3.05) is 63.3 Å². The van der Waals surface area contributed by atoms with Gasteiger partial charge in [0.2, 0.25) is 0 Å². The standard InChI is InChI=1S/C23H31N3O4/c1-3-29-21-11-6-4-9-19(21)24-23(27)30-18-8-13-25-14-16-26(17-15-25)20-10-5-7-12-22(20)28-2/h4-7,9-12H,3,8,13-18H2,1-2H3,(H,24,27). The fourth-order valence-electron chi connectivity index (χ4n) is 3.55. The highest BCUT2D eigenvalue weighted by Crippen LogP contribution is 2.28. The molecule has 162 valence electrons. The van der Waals surface area contributed by atoms with Crippen molar-refractivity contribution in [3.63, 3.8) is 0 Å². The van der Waals surface area contributed by atoms with Gasteiger partial charge in [-0.15, -0.1) is 0 Å². The van der Waals surface area contributed by atoms with Gasteiger partial charge in [-0.3, -0.25) is 10.2 Å². The fourth-order valence-corrected chi connectivity index (χ4v) is 3.55. The molecule has 30 heavy (non-hydrogen) atoms. The van der Waals surface area contributed by atoms with E-state index in [-0.39, 0.29) is 0 Å². The molecule has 0 radical (unpaired) electrons. The molecule has 0 saturated carbocycles. The molecule has 7 heteroatoms. The van der Waals surface area contributed by atoms with Gasteiger partial charge in [-0.05, 0) is 37.6 Å². The highest BCUT2D eigenvalue weighted by atomic mass is 16.5. The predicted octanol–water partition coefficient (Wildman–Crippen LogP) is 3.85. The van der Waals surface area contributed by atoms with E-state index in [4.69, 9.17) is 14.2 Å². The maximum atomic E-state index is 12.1. The molecule has 0 aliphatic carbocycles. The number of ether oxygens (including phenoxy) is 3. The first-order valence-corrected chi connectivity index (χ1v) is 10.5. The topological polar surface area (TPSA) is 63.3 Å². The first-order chi connectivity index (χ1) is 14.7. The SMILES string of the molecule is CCOc1ccccc1NC(=O)OCCCN1CCN(c2ccccc2OC)CC1. The van der Waals surface area contributed by atoms with E-state index in [0.29, 0.717) is 24.7 Å². The molecule has 0 unspecified atom stereocenters. The highest BCUT2D eigenvalue weighted by Gasteiger charge is 2.19. The summed E-state index contributed by atoms with van der Waals surface area (Å²) in [4.78, 5) is 16.8. The molecule has 1 amide bonds. The normalized spacial score (nSPS) is 14.3. The largest absolute Gasteiger partial charge is 0.495 e. The third kappa shape index (κ3) is 6.03. The van der Waals surface area contributed by atoms with Gasteiger partial charge < -0.3 is 19.1 Å². The Morgan fingerprint density at radius 1 is 1.00 bits per heavy atom. The number of methoxy groups -OCH3 is 1. The summed E-state index contributed by atoms with van der Waals surface area (Å²) in [6.07, 6.45) is 0.345. The number of piperazine rings is 1. The Morgan fingerprint density at radius 2 is 1.70 bits per heavy atom. The summed E-state index contributed by atoms with van der Waals surface area (Å²) in [5.74, 6) is 1.56. The van der Waals surface area contributed by atoms with Crippen LogP contribution in [0.2, 0.25) is 0 Å². The third-order valence-electron chi connectivity index (χ3n) is 5.07. The van der Waals surface area contributed by atoms with Crippen molar-refractivity contribution in [2.24, 2.45) is 0 Å². The lowest BCUT2D eigenvalue weighted by molar-refractivity contribution is 0.150. The average Bonchev–Trinajstić information content (AvgIpc) is 2.78. The Bertz CT molecular complexity index is 807. The summed E-state index contributed by atoms with van der Waals surface area (Å²) >= 11 is 0. The van der Waals surface area contributed by atoms with E-state index in [1.54, 1.807) is 13.2 Å². The van der Waals surface area contributed by atoms with E-state index in [9.17, 15) is 4.79 Å². The second-order valence-corrected chi connectivity index (χ2v) is 7.04. The number of carbonyl (C=O) groups excluding carboxylic acids is 1. The molecule has 1 fully saturated rings. The van der Waals surface area contributed by atoms with Crippen LogP contribution in [0.3, 0.4) is 0 Å². The van der Waals surface area contributed by atoms with Gasteiger partial charge in [0.25, 0.3) is 0 Å². The summed E-state index contributed by atoms with van der Waals surface area (Å²) in [5, 5.41) is 2.75. The number of nitrogens with zero attached hydrogens (tertiary/aromatic N) is 2. The van der Waals surface area contributed by atoms with E-state index in [2.05, 4.69) is 21.2 Å². The van der Waals surface area contributed by atoms with Gasteiger partial charge in [0.15, 0.2) is 0 Å². The van der Waals surface area contributed by atoms with Crippen LogP contribution in [-0.2, 0) is 4.74 Å². The van der Waals surface area contributed by atoms with Crippen LogP contribution >= 0.6 is 0 Å². The molecule has 2 aromatic rings. The van der Waals surface area contributed by atoms with Crippen molar-refractivity contribution in [3.8, 4) is 11.5 Å². The Labute approximate surface area is 178 Å². The van der Waals surface area contributed by atoms with Crippen LogP contribution in [0.15, 0.2) is 48.5 Å². The molecule has 0 bridgehead atoms. The van der Waals surface area contributed by atoms with Gasteiger partial charge in [0, 0.05) is 32.7 Å². The number of rotatable bonds is 9. The van der Waals surface area contributed by atoms with Crippen LogP contribution in [0.25, 0.3) is 0 Å². The van der Waals surface area contributed by atoms with E-state index >= 15 is 0 Å². The molecule has 1 N–H and O–H groups in total. The van der Waals surface area contributed by atoms with Gasteiger partial charge in [0.05, 0.1) is 31.7 Å². The second kappa shape index (κ2) is 11.3. The zero-order valence-corrected chi connectivity index (χ0v) is 17.8. The summed E-state index contributed by atoms with van der Waals surface area (Å²) in [5.41, 5.74) is 1.77. The predicted molar refractivity (Wildman–Crippen MR) is 119 cm³/mol. The third-order valence-corrected chi connectivity index (χ3v) is 5.07. The minimum absolute atomic E-state index is 0.384. The lowest BCUT2D eigenvalue weighted by Gasteiger charge is -2.36. The van der Waals surface area contributed by atoms with Crippen molar-refractivity contribution < 1.29 is 19.0 Å². The quantitative estimate of drug-likeness (QED) is 0.630. The van der Waals surface area contributed by atoms with Crippen LogP contribution in [0.1, 0.15) is 13.3 Å². The first kappa shape index (κ1) is 21.8. The Kier molecular flexibility index (Phi) is 8.20. The van der Waals surface area contributed by atoms with Gasteiger partial charge in [0.1, 0.15) is 11.5 Å². The van der Waals surface area contributed by atoms with Crippen molar-refractivity contribution >= 4 is 17.5 Å². The molecule has 0 atom stereocenters. The van der Waals surface area contributed by atoms with Crippen molar-refractivity contribution in [1.82, 2.24) is 4.90 Å². The number of para-hydroxylation sites is 4. The van der Waals surface area contributed by atoms with E-state index in [1.165, 1.54) is 0 Å². The first-order valence-electron chi connectivity index (χ1n) is 10.5. The van der Waals surface area contributed by atoms with Crippen molar-refractivity contribution in [3.05, 3.63) is 48.5 Å². The lowest BCUT2D eigenvalue weighted by atomic mass is 10.2. The minimum atomic E-state index is -0.455. The van der Waals surface area contributed by atoms with E-state index < -0.39 is 6.09 Å². The van der Waals surface area contributed by atoms with Crippen LogP contribution < -0.4 is 19.7 Å². The number of nitrogens with one attached hydrogen (secondary N) is 1. The minimum Gasteiger partial charge on any atom is -0.495 e. The molecule has 1 aliphatic heterocycles. The van der Waals surface area contributed by atoms with Gasteiger partial charge >= 0.3 is 6.09 Å². The van der Waals surface area contributed by atoms with Crippen molar-refractivity contribution in [1.29, 1.82) is 0 Å². The zero-order chi connectivity index (χ0) is 21.2. The highest BCUT2D eigenvalue weighted by molar-refractivity contribution is 5.86. The molecule has 0 aromatic heterocycles. The monoisotopic (exact) mass is 413 g/mol. The molecule has 1 saturated heterocycles. The molecule has 3 rings (SSSR count). The Morgan fingerprint density at radius 3 is 2.43 bits per heavy atom. The molecular weight excluding hydrogens is 382 g/mol.